The Balaban J connectivity index is 1.61. The zero-order chi connectivity index (χ0) is 23.6. The predicted molar refractivity (Wildman–Crippen MR) is 123 cm³/mol. The summed E-state index contributed by atoms with van der Waals surface area (Å²) in [5, 5.41) is 16.3. The normalized spacial score (nSPS) is 15.4. The number of aromatic nitrogens is 3. The van der Waals surface area contributed by atoms with E-state index in [0.29, 0.717) is 11.6 Å². The highest BCUT2D eigenvalue weighted by Gasteiger charge is 2.23. The van der Waals surface area contributed by atoms with Gasteiger partial charge in [-0.15, -0.1) is 0 Å². The summed E-state index contributed by atoms with van der Waals surface area (Å²) in [5.41, 5.74) is 4.39. The first-order valence-electron chi connectivity index (χ1n) is 10.5. The number of pyridine rings is 1. The molecule has 0 aliphatic heterocycles. The summed E-state index contributed by atoms with van der Waals surface area (Å²) >= 11 is 0. The van der Waals surface area contributed by atoms with Crippen molar-refractivity contribution < 1.29 is 18.8 Å². The van der Waals surface area contributed by atoms with Gasteiger partial charge in [0.15, 0.2) is 14.9 Å². The molecule has 1 aromatic carbocycles. The molecule has 1 aliphatic carbocycles. The van der Waals surface area contributed by atoms with E-state index in [1.807, 2.05) is 12.1 Å². The second-order valence-corrected chi connectivity index (χ2v) is 9.64. The summed E-state index contributed by atoms with van der Waals surface area (Å²) in [6.45, 7) is 1.79. The van der Waals surface area contributed by atoms with Crippen LogP contribution >= 0.6 is 0 Å². The second-order valence-electron chi connectivity index (χ2n) is 7.90. The minimum absolute atomic E-state index is 0.0873. The van der Waals surface area contributed by atoms with Crippen LogP contribution in [0.5, 0.6) is 5.88 Å². The van der Waals surface area contributed by atoms with Crippen molar-refractivity contribution in [1.82, 2.24) is 19.5 Å². The zero-order valence-corrected chi connectivity index (χ0v) is 19.2. The number of aryl methyl sites for hydroxylation is 1. The van der Waals surface area contributed by atoms with E-state index in [2.05, 4.69) is 26.2 Å². The van der Waals surface area contributed by atoms with Crippen LogP contribution in [0.25, 0.3) is 11.1 Å². The number of benzene rings is 1. The molecule has 2 atom stereocenters. The van der Waals surface area contributed by atoms with E-state index < -0.39 is 22.1 Å². The van der Waals surface area contributed by atoms with E-state index in [0.717, 1.165) is 41.5 Å². The zero-order valence-electron chi connectivity index (χ0n) is 18.4. The molecule has 4 rings (SSSR count). The van der Waals surface area contributed by atoms with Crippen molar-refractivity contribution in [3.05, 3.63) is 53.9 Å². The van der Waals surface area contributed by atoms with E-state index in [1.54, 1.807) is 19.2 Å². The standard InChI is InChI=1S/C22H26N6O4S/c1-14(29)13-28-11-9-20(26-28)33(23,31)27-22(30)25-21-17-5-3-4-15(17)6-7-18(21)16-8-10-24-19(12-16)32-2/h6-12,14,29H,3-5,13H2,1-2H3,(H3,23,25,27,30,31)/t14-,33?/m1/s1. The van der Waals surface area contributed by atoms with Crippen LogP contribution in [0.3, 0.4) is 0 Å². The van der Waals surface area contributed by atoms with Gasteiger partial charge in [0, 0.05) is 24.0 Å². The molecular weight excluding hydrogens is 444 g/mol. The number of ether oxygens (including phenoxy) is 1. The highest BCUT2D eigenvalue weighted by atomic mass is 32.2. The lowest BCUT2D eigenvalue weighted by atomic mass is 9.98. The number of fused-ring (bicyclic) bond motifs is 1. The molecule has 33 heavy (non-hydrogen) atoms. The van der Waals surface area contributed by atoms with Crippen LogP contribution in [0.2, 0.25) is 0 Å². The van der Waals surface area contributed by atoms with Gasteiger partial charge < -0.3 is 15.2 Å². The van der Waals surface area contributed by atoms with Crippen molar-refractivity contribution in [2.75, 3.05) is 12.4 Å². The lowest BCUT2D eigenvalue weighted by Crippen LogP contribution is -2.34. The third kappa shape index (κ3) is 4.99. The molecule has 10 nitrogen and oxygen atoms in total. The number of nitrogens with zero attached hydrogens (tertiary/aromatic N) is 3. The Morgan fingerprint density at radius 3 is 2.91 bits per heavy atom. The van der Waals surface area contributed by atoms with Crippen LogP contribution in [-0.4, -0.2) is 43.3 Å². The first-order chi connectivity index (χ1) is 15.8. The summed E-state index contributed by atoms with van der Waals surface area (Å²) < 4.78 is 29.9. The number of amides is 2. The number of hydrogen-bond acceptors (Lipinski definition) is 7. The largest absolute Gasteiger partial charge is 0.481 e. The average molecular weight is 471 g/mol. The molecule has 0 fully saturated rings. The molecule has 0 saturated carbocycles. The Hall–Kier alpha value is -3.44. The van der Waals surface area contributed by atoms with Gasteiger partial charge in [0.1, 0.15) is 0 Å². The van der Waals surface area contributed by atoms with Gasteiger partial charge in [-0.05, 0) is 55.0 Å². The summed E-state index contributed by atoms with van der Waals surface area (Å²) in [4.78, 5) is 17.0. The van der Waals surface area contributed by atoms with Crippen LogP contribution in [0.15, 0.2) is 47.8 Å². The first-order valence-corrected chi connectivity index (χ1v) is 12.1. The fourth-order valence-electron chi connectivity index (χ4n) is 3.93. The van der Waals surface area contributed by atoms with E-state index in [4.69, 9.17) is 9.52 Å². The Bertz CT molecular complexity index is 1290. The van der Waals surface area contributed by atoms with Gasteiger partial charge in [-0.25, -0.2) is 23.5 Å². The van der Waals surface area contributed by atoms with Gasteiger partial charge in [0.2, 0.25) is 5.88 Å². The summed E-state index contributed by atoms with van der Waals surface area (Å²) in [5.74, 6) is 0.449. The molecule has 0 radical (unpaired) electrons. The van der Waals surface area contributed by atoms with E-state index in [-0.39, 0.29) is 11.6 Å². The topological polar surface area (TPSA) is 142 Å². The molecule has 0 saturated heterocycles. The van der Waals surface area contributed by atoms with Gasteiger partial charge in [0.25, 0.3) is 0 Å². The Morgan fingerprint density at radius 2 is 2.15 bits per heavy atom. The monoisotopic (exact) mass is 470 g/mol. The minimum atomic E-state index is -3.70. The quantitative estimate of drug-likeness (QED) is 0.418. The number of nitrogens with one attached hydrogen (secondary N) is 3. The minimum Gasteiger partial charge on any atom is -0.481 e. The van der Waals surface area contributed by atoms with Crippen LogP contribution in [-0.2, 0) is 29.3 Å². The van der Waals surface area contributed by atoms with Crippen molar-refractivity contribution in [2.24, 2.45) is 0 Å². The molecule has 2 heterocycles. The number of urea groups is 1. The number of aliphatic hydroxyl groups is 1. The number of aliphatic hydroxyl groups excluding tert-OH is 1. The molecule has 1 aliphatic rings. The van der Waals surface area contributed by atoms with E-state index in [9.17, 15) is 14.1 Å². The van der Waals surface area contributed by atoms with E-state index >= 15 is 0 Å². The molecule has 0 bridgehead atoms. The van der Waals surface area contributed by atoms with Crippen LogP contribution < -0.4 is 14.8 Å². The van der Waals surface area contributed by atoms with Gasteiger partial charge >= 0.3 is 6.03 Å². The molecule has 0 spiro atoms. The lowest BCUT2D eigenvalue weighted by Gasteiger charge is -2.17. The van der Waals surface area contributed by atoms with Gasteiger partial charge in [-0.1, -0.05) is 12.1 Å². The number of methoxy groups -OCH3 is 1. The third-order valence-electron chi connectivity index (χ3n) is 5.37. The molecule has 3 aromatic rings. The Morgan fingerprint density at radius 1 is 1.33 bits per heavy atom. The second kappa shape index (κ2) is 9.20. The number of rotatable bonds is 7. The molecular formula is C22H26N6O4S. The number of anilines is 1. The molecule has 11 heteroatoms. The number of hydrogen-bond donors (Lipinski definition) is 4. The third-order valence-corrected chi connectivity index (χ3v) is 6.65. The van der Waals surface area contributed by atoms with Crippen LogP contribution in [0, 0.1) is 4.78 Å². The van der Waals surface area contributed by atoms with Crippen molar-refractivity contribution in [3.63, 3.8) is 0 Å². The van der Waals surface area contributed by atoms with Crippen molar-refractivity contribution in [3.8, 4) is 17.0 Å². The SMILES string of the molecule is COc1cc(-c2ccc3c(c2NC(=O)NS(=N)(=O)c2ccn(C[C@@H](C)O)n2)CCC3)ccn1. The highest BCUT2D eigenvalue weighted by Crippen LogP contribution is 2.38. The Labute approximate surface area is 192 Å². The fraction of sp³-hybridized carbons (Fsp3) is 0.318. The van der Waals surface area contributed by atoms with Crippen LogP contribution in [0.1, 0.15) is 24.5 Å². The maximum Gasteiger partial charge on any atom is 0.332 e. The summed E-state index contributed by atoms with van der Waals surface area (Å²) in [6, 6.07) is 8.22. The summed E-state index contributed by atoms with van der Waals surface area (Å²) in [6.07, 6.45) is 5.19. The highest BCUT2D eigenvalue weighted by molar-refractivity contribution is 7.91. The van der Waals surface area contributed by atoms with E-state index in [1.165, 1.54) is 24.1 Å². The lowest BCUT2D eigenvalue weighted by molar-refractivity contribution is 0.168. The molecule has 174 valence electrons. The smallest absolute Gasteiger partial charge is 0.332 e. The molecule has 4 N–H and O–H groups in total. The van der Waals surface area contributed by atoms with Gasteiger partial charge in [-0.2, -0.15) is 5.10 Å². The predicted octanol–water partition coefficient (Wildman–Crippen LogP) is 2.97. The maximum atomic E-state index is 12.9. The summed E-state index contributed by atoms with van der Waals surface area (Å²) in [7, 11) is -2.17. The van der Waals surface area contributed by atoms with Crippen molar-refractivity contribution >= 4 is 21.6 Å². The molecule has 2 amide bonds. The van der Waals surface area contributed by atoms with Crippen molar-refractivity contribution in [2.45, 2.75) is 43.9 Å². The first kappa shape index (κ1) is 22.7. The number of carbonyl (C=O) groups excluding carboxylic acids is 1. The van der Waals surface area contributed by atoms with Gasteiger partial charge in [0.05, 0.1) is 25.4 Å². The molecule has 2 aromatic heterocycles. The average Bonchev–Trinajstić information content (AvgIpc) is 3.43. The van der Waals surface area contributed by atoms with Crippen molar-refractivity contribution in [1.29, 1.82) is 4.78 Å². The molecule has 1 unspecified atom stereocenters. The fourth-order valence-corrected chi connectivity index (χ4v) is 4.82. The Kier molecular flexibility index (Phi) is 6.34. The van der Waals surface area contributed by atoms with Gasteiger partial charge in [-0.3, -0.25) is 4.68 Å². The number of carbonyl (C=O) groups is 1. The van der Waals surface area contributed by atoms with Crippen LogP contribution in [0.4, 0.5) is 10.5 Å². The maximum absolute atomic E-state index is 12.9.